The quantitative estimate of drug-likeness (QED) is 0.779. The molecule has 1 atom stereocenters. The second-order valence-electron chi connectivity index (χ2n) is 5.15. The number of aromatic nitrogens is 1. The molecule has 21 heavy (non-hydrogen) atoms. The molecule has 5 heteroatoms. The molecule has 0 aliphatic carbocycles. The first kappa shape index (κ1) is 16.4. The maximum atomic E-state index is 13.0. The highest BCUT2D eigenvalue weighted by Crippen LogP contribution is 2.26. The third-order valence-electron chi connectivity index (χ3n) is 3.37. The highest BCUT2D eigenvalue weighted by molar-refractivity contribution is 14.1. The van der Waals surface area contributed by atoms with Gasteiger partial charge in [0.15, 0.2) is 0 Å². The van der Waals surface area contributed by atoms with Crippen LogP contribution in [0.3, 0.4) is 0 Å². The zero-order chi connectivity index (χ0) is 15.7. The highest BCUT2D eigenvalue weighted by Gasteiger charge is 2.20. The molecule has 0 amide bonds. The van der Waals surface area contributed by atoms with Crippen LogP contribution in [0.15, 0.2) is 32.8 Å². The first-order valence-corrected chi connectivity index (χ1v) is 8.99. The van der Waals surface area contributed by atoms with Gasteiger partial charge in [-0.3, -0.25) is 4.79 Å². The molecule has 0 saturated heterocycles. The van der Waals surface area contributed by atoms with Gasteiger partial charge in [0, 0.05) is 10.6 Å². The fraction of sp³-hybridized carbons (Fsp3) is 0.312. The predicted molar refractivity (Wildman–Crippen MR) is 94.5 cm³/mol. The Balaban J connectivity index is 2.71. The molecular formula is C16H18INO2S. The van der Waals surface area contributed by atoms with Crippen LogP contribution in [-0.2, 0) is 17.2 Å². The van der Waals surface area contributed by atoms with E-state index >= 15 is 0 Å². The molecule has 1 aromatic carbocycles. The Labute approximate surface area is 140 Å². The lowest BCUT2D eigenvalue weighted by atomic mass is 10.1. The summed E-state index contributed by atoms with van der Waals surface area (Å²) >= 11 is 1.99. The largest absolute Gasteiger partial charge is 0.325 e. The summed E-state index contributed by atoms with van der Waals surface area (Å²) in [5.41, 5.74) is 3.76. The van der Waals surface area contributed by atoms with Crippen molar-refractivity contribution in [3.8, 4) is 0 Å². The van der Waals surface area contributed by atoms with Crippen LogP contribution in [0.25, 0.3) is 0 Å². The Morgan fingerprint density at radius 3 is 2.24 bits per heavy atom. The molecule has 1 aromatic heterocycles. The summed E-state index contributed by atoms with van der Waals surface area (Å²) in [4.78, 5) is 16.2. The molecule has 0 saturated carbocycles. The van der Waals surface area contributed by atoms with Gasteiger partial charge in [-0.05, 0) is 78.6 Å². The van der Waals surface area contributed by atoms with Crippen molar-refractivity contribution in [2.75, 3.05) is 0 Å². The number of rotatable bonds is 3. The fourth-order valence-corrected chi connectivity index (χ4v) is 5.14. The van der Waals surface area contributed by atoms with Crippen LogP contribution in [-0.4, -0.2) is 9.19 Å². The van der Waals surface area contributed by atoms with E-state index in [0.717, 1.165) is 33.7 Å². The SMILES string of the molecule is CCc1c(C)[nH]c(=O)c(I)c1S(=O)c1cc(C)cc(C)c1. The van der Waals surface area contributed by atoms with E-state index in [-0.39, 0.29) is 5.56 Å². The number of halogens is 1. The van der Waals surface area contributed by atoms with Crippen molar-refractivity contribution < 1.29 is 4.21 Å². The van der Waals surface area contributed by atoms with Gasteiger partial charge in [-0.1, -0.05) is 13.0 Å². The summed E-state index contributed by atoms with van der Waals surface area (Å²) in [5.74, 6) is 0. The summed E-state index contributed by atoms with van der Waals surface area (Å²) < 4.78 is 13.5. The number of benzene rings is 1. The Hall–Kier alpha value is -0.950. The van der Waals surface area contributed by atoms with Crippen molar-refractivity contribution >= 4 is 33.4 Å². The lowest BCUT2D eigenvalue weighted by Crippen LogP contribution is -2.18. The molecule has 0 radical (unpaired) electrons. The summed E-state index contributed by atoms with van der Waals surface area (Å²) in [6.45, 7) is 7.85. The lowest BCUT2D eigenvalue weighted by Gasteiger charge is -2.13. The molecule has 1 N–H and O–H groups in total. The first-order chi connectivity index (χ1) is 9.85. The molecule has 1 heterocycles. The third-order valence-corrected chi connectivity index (χ3v) is 6.26. The average molecular weight is 415 g/mol. The van der Waals surface area contributed by atoms with Crippen molar-refractivity contribution in [2.45, 2.75) is 43.9 Å². The van der Waals surface area contributed by atoms with Gasteiger partial charge in [0.2, 0.25) is 0 Å². The minimum atomic E-state index is -1.34. The van der Waals surface area contributed by atoms with Crippen LogP contribution < -0.4 is 5.56 Å². The fourth-order valence-electron chi connectivity index (χ4n) is 2.48. The summed E-state index contributed by atoms with van der Waals surface area (Å²) in [6.07, 6.45) is 0.741. The topological polar surface area (TPSA) is 49.9 Å². The van der Waals surface area contributed by atoms with Gasteiger partial charge in [0.05, 0.1) is 19.3 Å². The average Bonchev–Trinajstić information content (AvgIpc) is 2.40. The van der Waals surface area contributed by atoms with Gasteiger partial charge in [-0.25, -0.2) is 4.21 Å². The monoisotopic (exact) mass is 415 g/mol. The molecule has 3 nitrogen and oxygen atoms in total. The standard InChI is InChI=1S/C16H18INO2S/c1-5-13-11(4)18-16(19)14(17)15(13)21(20)12-7-9(2)6-10(3)8-12/h6-8H,5H2,1-4H3,(H,18,19). The number of hydrogen-bond donors (Lipinski definition) is 1. The van der Waals surface area contributed by atoms with Crippen molar-refractivity contribution in [1.82, 2.24) is 4.98 Å². The molecule has 0 aliphatic heterocycles. The molecule has 2 aromatic rings. The van der Waals surface area contributed by atoms with Crippen LogP contribution in [0.5, 0.6) is 0 Å². The summed E-state index contributed by atoms with van der Waals surface area (Å²) in [7, 11) is -1.34. The maximum absolute atomic E-state index is 13.0. The van der Waals surface area contributed by atoms with E-state index in [1.165, 1.54) is 0 Å². The smallest absolute Gasteiger partial charge is 0.262 e. The minimum Gasteiger partial charge on any atom is -0.325 e. The zero-order valence-corrected chi connectivity index (χ0v) is 15.5. The van der Waals surface area contributed by atoms with Crippen LogP contribution in [0.2, 0.25) is 0 Å². The maximum Gasteiger partial charge on any atom is 0.262 e. The Bertz CT molecular complexity index is 760. The number of nitrogens with one attached hydrogen (secondary N) is 1. The van der Waals surface area contributed by atoms with Crippen LogP contribution >= 0.6 is 22.6 Å². The Kier molecular flexibility index (Phi) is 5.03. The molecule has 112 valence electrons. The second kappa shape index (κ2) is 6.44. The number of H-pyrrole nitrogens is 1. The normalized spacial score (nSPS) is 12.4. The summed E-state index contributed by atoms with van der Waals surface area (Å²) in [6, 6.07) is 5.90. The molecular weight excluding hydrogens is 397 g/mol. The van der Waals surface area contributed by atoms with Gasteiger partial charge >= 0.3 is 0 Å². The van der Waals surface area contributed by atoms with Crippen molar-refractivity contribution in [3.05, 3.63) is 54.5 Å². The highest BCUT2D eigenvalue weighted by atomic mass is 127. The Morgan fingerprint density at radius 2 is 1.71 bits per heavy atom. The molecule has 0 spiro atoms. The molecule has 2 rings (SSSR count). The summed E-state index contributed by atoms with van der Waals surface area (Å²) in [5, 5.41) is 0. The van der Waals surface area contributed by atoms with Crippen molar-refractivity contribution in [1.29, 1.82) is 0 Å². The lowest BCUT2D eigenvalue weighted by molar-refractivity contribution is 0.680. The van der Waals surface area contributed by atoms with Gasteiger partial charge in [0.1, 0.15) is 0 Å². The number of hydrogen-bond acceptors (Lipinski definition) is 2. The van der Waals surface area contributed by atoms with Crippen molar-refractivity contribution in [2.24, 2.45) is 0 Å². The van der Waals surface area contributed by atoms with Crippen LogP contribution in [0, 0.1) is 24.3 Å². The zero-order valence-electron chi connectivity index (χ0n) is 12.5. The van der Waals surface area contributed by atoms with E-state index in [1.807, 2.05) is 62.4 Å². The molecule has 0 fully saturated rings. The first-order valence-electron chi connectivity index (χ1n) is 6.76. The number of pyridine rings is 1. The van der Waals surface area contributed by atoms with Gasteiger partial charge in [-0.15, -0.1) is 0 Å². The third kappa shape index (κ3) is 3.29. The van der Waals surface area contributed by atoms with Crippen LogP contribution in [0.1, 0.15) is 29.3 Å². The second-order valence-corrected chi connectivity index (χ2v) is 7.64. The van der Waals surface area contributed by atoms with Crippen LogP contribution in [0.4, 0.5) is 0 Å². The molecule has 0 bridgehead atoms. The van der Waals surface area contributed by atoms with E-state index < -0.39 is 10.8 Å². The predicted octanol–water partition coefficient (Wildman–Crippen LogP) is 3.63. The van der Waals surface area contributed by atoms with E-state index in [4.69, 9.17) is 0 Å². The van der Waals surface area contributed by atoms with Crippen molar-refractivity contribution in [3.63, 3.8) is 0 Å². The van der Waals surface area contributed by atoms with E-state index in [1.54, 1.807) is 0 Å². The Morgan fingerprint density at radius 1 is 1.14 bits per heavy atom. The van der Waals surface area contributed by atoms with Gasteiger partial charge in [-0.2, -0.15) is 0 Å². The van der Waals surface area contributed by atoms with E-state index in [0.29, 0.717) is 8.47 Å². The molecule has 0 aliphatic rings. The van der Waals surface area contributed by atoms with E-state index in [9.17, 15) is 9.00 Å². The minimum absolute atomic E-state index is 0.168. The number of aryl methyl sites for hydroxylation is 3. The molecule has 1 unspecified atom stereocenters. The van der Waals surface area contributed by atoms with Gasteiger partial charge < -0.3 is 4.98 Å². The van der Waals surface area contributed by atoms with Gasteiger partial charge in [0.25, 0.3) is 5.56 Å². The number of aromatic amines is 1. The van der Waals surface area contributed by atoms with E-state index in [2.05, 4.69) is 11.1 Å².